The predicted molar refractivity (Wildman–Crippen MR) is 136 cm³/mol. The van der Waals surface area contributed by atoms with Gasteiger partial charge in [0.05, 0.1) is 18.8 Å². The fraction of sp³-hybridized carbons (Fsp3) is 0.893. The number of hydrogen-bond acceptors (Lipinski definition) is 7. The summed E-state index contributed by atoms with van der Waals surface area (Å²) in [6, 6.07) is 3.12. The fourth-order valence-corrected chi connectivity index (χ4v) is 12.7. The molecule has 1 N–H and O–H groups in total. The first-order valence-corrected chi connectivity index (χ1v) is 16.6. The third-order valence-corrected chi connectivity index (χ3v) is 16.8. The highest BCUT2D eigenvalue weighted by atomic mass is 28.4. The van der Waals surface area contributed by atoms with Gasteiger partial charge in [-0.1, -0.05) is 48.1 Å². The van der Waals surface area contributed by atoms with E-state index in [9.17, 15) is 9.90 Å². The van der Waals surface area contributed by atoms with Crippen LogP contribution in [0.2, 0.25) is 18.1 Å². The van der Waals surface area contributed by atoms with E-state index in [2.05, 4.69) is 55.0 Å². The van der Waals surface area contributed by atoms with E-state index in [0.717, 1.165) is 30.1 Å². The van der Waals surface area contributed by atoms with Gasteiger partial charge in [0.2, 0.25) is 0 Å². The molecule has 3 aliphatic carbocycles. The number of carbonyl (C=O) groups excluding carboxylic acids is 1. The minimum Gasteiger partial charge on any atom is -0.426 e. The summed E-state index contributed by atoms with van der Waals surface area (Å²) < 4.78 is 32.3. The molecule has 6 fully saturated rings. The molecule has 6 rings (SSSR count). The van der Waals surface area contributed by atoms with E-state index in [-0.39, 0.29) is 24.4 Å². The minimum absolute atomic E-state index is 0.143. The molecule has 3 saturated carbocycles. The molecule has 7 nitrogen and oxygen atoms in total. The van der Waals surface area contributed by atoms with Crippen molar-refractivity contribution in [1.29, 1.82) is 0 Å². The molecule has 0 aromatic heterocycles. The van der Waals surface area contributed by atoms with Crippen LogP contribution in [0.3, 0.4) is 0 Å². The number of epoxide rings is 1. The third kappa shape index (κ3) is 2.57. The van der Waals surface area contributed by atoms with Crippen molar-refractivity contribution in [3.05, 3.63) is 12.2 Å². The summed E-state index contributed by atoms with van der Waals surface area (Å²) in [6.45, 7) is 20.3. The molecule has 0 radical (unpaired) electrons. The molecule has 2 bridgehead atoms. The number of hydrogen-bond donors (Lipinski definition) is 1. The fourth-order valence-electron chi connectivity index (χ4n) is 9.76. The standard InChI is InChI=1S/C28H44O7Si/c1-9-36(10-2,11-3)34-18-14-19-26(30,16-31-19)20-21-27(33-22(29)32-21)13-12-25(8)28(35-25,23(27,5)6)17(4)15-24(18,20)7/h18-21,30H,4,9-16H2,1-3,5-8H3/t18-,19+,20-,21-,24+,25+,26-,27+,28-/m0/s1. The Hall–Kier alpha value is -0.933. The number of rotatable bonds is 5. The molecule has 3 saturated heterocycles. The molecular formula is C28H44O7Si. The van der Waals surface area contributed by atoms with E-state index in [0.29, 0.717) is 19.3 Å². The van der Waals surface area contributed by atoms with Gasteiger partial charge in [0, 0.05) is 23.2 Å². The quantitative estimate of drug-likeness (QED) is 0.233. The maximum Gasteiger partial charge on any atom is 0.509 e. The van der Waals surface area contributed by atoms with Crippen molar-refractivity contribution in [2.45, 2.75) is 133 Å². The molecule has 2 spiro atoms. The Kier molecular flexibility index (Phi) is 5.05. The predicted octanol–water partition coefficient (Wildman–Crippen LogP) is 5.11. The molecule has 0 amide bonds. The Morgan fingerprint density at radius 1 is 1.11 bits per heavy atom. The number of carbonyl (C=O) groups is 1. The van der Waals surface area contributed by atoms with Crippen molar-refractivity contribution in [2.24, 2.45) is 16.7 Å². The highest BCUT2D eigenvalue weighted by Crippen LogP contribution is 2.77. The summed E-state index contributed by atoms with van der Waals surface area (Å²) in [5, 5.41) is 12.2. The summed E-state index contributed by atoms with van der Waals surface area (Å²) in [5.74, 6) is -0.400. The minimum atomic E-state index is -2.00. The van der Waals surface area contributed by atoms with Crippen LogP contribution in [0.4, 0.5) is 4.79 Å². The van der Waals surface area contributed by atoms with Gasteiger partial charge < -0.3 is 28.5 Å². The highest BCUT2D eigenvalue weighted by molar-refractivity contribution is 6.73. The van der Waals surface area contributed by atoms with E-state index in [1.54, 1.807) is 0 Å². The molecule has 6 aliphatic rings. The van der Waals surface area contributed by atoms with Gasteiger partial charge in [-0.05, 0) is 49.9 Å². The van der Waals surface area contributed by atoms with Crippen LogP contribution in [0, 0.1) is 16.7 Å². The molecule has 3 heterocycles. The van der Waals surface area contributed by atoms with Gasteiger partial charge in [-0.3, -0.25) is 0 Å². The second kappa shape index (κ2) is 7.17. The lowest BCUT2D eigenvalue weighted by atomic mass is 9.43. The molecule has 9 atom stereocenters. The van der Waals surface area contributed by atoms with Crippen LogP contribution in [-0.4, -0.2) is 66.9 Å². The van der Waals surface area contributed by atoms with Gasteiger partial charge in [-0.15, -0.1) is 0 Å². The van der Waals surface area contributed by atoms with E-state index in [1.807, 2.05) is 0 Å². The molecule has 202 valence electrons. The normalized spacial score (nSPS) is 52.3. The first-order valence-electron chi connectivity index (χ1n) is 14.0. The van der Waals surface area contributed by atoms with Crippen LogP contribution >= 0.6 is 0 Å². The average molecular weight is 521 g/mol. The lowest BCUT2D eigenvalue weighted by Crippen LogP contribution is -2.79. The lowest BCUT2D eigenvalue weighted by molar-refractivity contribution is -0.339. The topological polar surface area (TPSA) is 86.8 Å². The molecule has 8 heteroatoms. The van der Waals surface area contributed by atoms with Crippen LogP contribution in [0.5, 0.6) is 0 Å². The van der Waals surface area contributed by atoms with Crippen LogP contribution in [0.25, 0.3) is 0 Å². The van der Waals surface area contributed by atoms with E-state index >= 15 is 0 Å². The van der Waals surface area contributed by atoms with Crippen molar-refractivity contribution in [3.8, 4) is 0 Å². The molecule has 0 aromatic rings. The van der Waals surface area contributed by atoms with Crippen LogP contribution in [0.15, 0.2) is 12.2 Å². The summed E-state index contributed by atoms with van der Waals surface area (Å²) in [5.41, 5.74) is -3.09. The Morgan fingerprint density at radius 3 is 2.36 bits per heavy atom. The van der Waals surface area contributed by atoms with Crippen molar-refractivity contribution >= 4 is 14.5 Å². The molecule has 36 heavy (non-hydrogen) atoms. The molecule has 0 aromatic carbocycles. The van der Waals surface area contributed by atoms with Crippen molar-refractivity contribution in [1.82, 2.24) is 0 Å². The zero-order chi connectivity index (χ0) is 26.2. The van der Waals surface area contributed by atoms with E-state index in [4.69, 9.17) is 23.4 Å². The van der Waals surface area contributed by atoms with Crippen molar-refractivity contribution in [2.75, 3.05) is 6.61 Å². The van der Waals surface area contributed by atoms with Gasteiger partial charge in [-0.2, -0.15) is 0 Å². The summed E-state index contributed by atoms with van der Waals surface area (Å²) in [7, 11) is -2.00. The third-order valence-electron chi connectivity index (χ3n) is 12.1. The van der Waals surface area contributed by atoms with Crippen LogP contribution < -0.4 is 0 Å². The van der Waals surface area contributed by atoms with Gasteiger partial charge in [0.1, 0.15) is 16.8 Å². The first-order chi connectivity index (χ1) is 16.7. The largest absolute Gasteiger partial charge is 0.509 e. The zero-order valence-corrected chi connectivity index (χ0v) is 24.1. The van der Waals surface area contributed by atoms with Gasteiger partial charge in [0.15, 0.2) is 20.0 Å². The zero-order valence-electron chi connectivity index (χ0n) is 23.1. The Bertz CT molecular complexity index is 1000. The van der Waals surface area contributed by atoms with E-state index < -0.39 is 54.1 Å². The summed E-state index contributed by atoms with van der Waals surface area (Å²) >= 11 is 0. The first kappa shape index (κ1) is 25.4. The van der Waals surface area contributed by atoms with Crippen LogP contribution in [0.1, 0.15) is 74.1 Å². The smallest absolute Gasteiger partial charge is 0.426 e. The summed E-state index contributed by atoms with van der Waals surface area (Å²) in [6.07, 6.45) is 0.899. The molecule has 3 aliphatic heterocycles. The molecule has 0 unspecified atom stereocenters. The van der Waals surface area contributed by atoms with Gasteiger partial charge >= 0.3 is 6.16 Å². The Balaban J connectivity index is 1.55. The number of ether oxygens (including phenoxy) is 4. The second-order valence-corrected chi connectivity index (χ2v) is 18.3. The van der Waals surface area contributed by atoms with E-state index in [1.165, 1.54) is 0 Å². The maximum absolute atomic E-state index is 13.0. The highest BCUT2D eigenvalue weighted by Gasteiger charge is 2.88. The van der Waals surface area contributed by atoms with Gasteiger partial charge in [0.25, 0.3) is 0 Å². The average Bonchev–Trinajstić information content (AvgIpc) is 3.36. The molecular weight excluding hydrogens is 476 g/mol. The summed E-state index contributed by atoms with van der Waals surface area (Å²) in [4.78, 5) is 13.0. The SMILES string of the molecule is C=C1C[C@]2(C)[C@@H](O[Si](CC)(CC)CC)C[C@H]3OC[C@@]3(O)[C@H]2[C@@H]2OC(=O)O[C@]23CC[C@@]2(C)O[C@]12C3(C)C. The van der Waals surface area contributed by atoms with Crippen molar-refractivity contribution < 1.29 is 33.3 Å². The second-order valence-electron chi connectivity index (χ2n) is 13.6. The number of fused-ring (bicyclic) bond motifs is 4. The van der Waals surface area contributed by atoms with Crippen molar-refractivity contribution in [3.63, 3.8) is 0 Å². The number of aliphatic hydroxyl groups is 1. The maximum atomic E-state index is 13.0. The Labute approximate surface area is 216 Å². The Morgan fingerprint density at radius 2 is 1.78 bits per heavy atom. The lowest BCUT2D eigenvalue weighted by Gasteiger charge is -2.67. The monoisotopic (exact) mass is 520 g/mol. The van der Waals surface area contributed by atoms with Crippen LogP contribution in [-0.2, 0) is 23.4 Å². The van der Waals surface area contributed by atoms with Gasteiger partial charge in [-0.25, -0.2) is 4.79 Å².